The topological polar surface area (TPSA) is 74.6 Å². The molecule has 0 unspecified atom stereocenters. The molecule has 0 bridgehead atoms. The predicted molar refractivity (Wildman–Crippen MR) is 79.7 cm³/mol. The molecule has 0 rings (SSSR count). The predicted octanol–water partition coefficient (Wildman–Crippen LogP) is 4.25. The van der Waals surface area contributed by atoms with Crippen molar-refractivity contribution in [1.29, 1.82) is 0 Å². The van der Waals surface area contributed by atoms with Gasteiger partial charge in [-0.05, 0) is 18.8 Å². The molecule has 20 heavy (non-hydrogen) atoms. The van der Waals surface area contributed by atoms with Gasteiger partial charge in [0.1, 0.15) is 0 Å². The number of rotatable bonds is 11. The maximum atomic E-state index is 11.2. The largest absolute Gasteiger partial charge is 0.478 e. The molecule has 0 radical (unpaired) electrons. The Balaban J connectivity index is 4.39. The molecule has 4 heteroatoms. The molecule has 0 heterocycles. The second kappa shape index (κ2) is 10.5. The normalized spacial score (nSPS) is 12.4. The maximum Gasteiger partial charge on any atom is 0.332 e. The van der Waals surface area contributed by atoms with Gasteiger partial charge in [-0.1, -0.05) is 59.3 Å². The lowest BCUT2D eigenvalue weighted by atomic mass is 9.93. The minimum absolute atomic E-state index is 0.0449. The van der Waals surface area contributed by atoms with Gasteiger partial charge in [0.15, 0.2) is 0 Å². The van der Waals surface area contributed by atoms with Crippen molar-refractivity contribution in [2.45, 2.75) is 72.1 Å². The molecule has 0 aromatic rings. The fourth-order valence-corrected chi connectivity index (χ4v) is 2.34. The molecule has 4 nitrogen and oxygen atoms in total. The summed E-state index contributed by atoms with van der Waals surface area (Å²) in [5.74, 6) is -2.48. The van der Waals surface area contributed by atoms with Gasteiger partial charge in [0.05, 0.1) is 0 Å². The highest BCUT2D eigenvalue weighted by atomic mass is 16.4. The van der Waals surface area contributed by atoms with E-state index in [9.17, 15) is 14.7 Å². The van der Waals surface area contributed by atoms with Crippen LogP contribution in [-0.2, 0) is 9.59 Å². The molecule has 0 aromatic heterocycles. The fourth-order valence-electron chi connectivity index (χ4n) is 2.34. The van der Waals surface area contributed by atoms with Crippen molar-refractivity contribution in [3.05, 3.63) is 11.1 Å². The Morgan fingerprint density at radius 1 is 0.850 bits per heavy atom. The molecule has 0 aliphatic rings. The first-order valence-corrected chi connectivity index (χ1v) is 7.61. The lowest BCUT2D eigenvalue weighted by Crippen LogP contribution is -2.15. The summed E-state index contributed by atoms with van der Waals surface area (Å²) < 4.78 is 0. The van der Waals surface area contributed by atoms with Gasteiger partial charge in [-0.3, -0.25) is 0 Å². The highest BCUT2D eigenvalue weighted by molar-refractivity contribution is 5.99. The van der Waals surface area contributed by atoms with Crippen LogP contribution in [0.5, 0.6) is 0 Å². The van der Waals surface area contributed by atoms with Gasteiger partial charge in [0, 0.05) is 11.1 Å². The van der Waals surface area contributed by atoms with E-state index in [1.165, 1.54) is 25.7 Å². The molecule has 0 saturated carbocycles. The van der Waals surface area contributed by atoms with Crippen LogP contribution in [0.1, 0.15) is 72.1 Å². The number of carboxylic acids is 2. The Hall–Kier alpha value is -1.32. The first kappa shape index (κ1) is 18.7. The van der Waals surface area contributed by atoms with E-state index in [0.717, 1.165) is 19.3 Å². The molecule has 116 valence electrons. The Morgan fingerprint density at radius 3 is 1.75 bits per heavy atom. The van der Waals surface area contributed by atoms with Crippen molar-refractivity contribution in [2.24, 2.45) is 5.92 Å². The standard InChI is InChI=1S/C16H28O4/c1-4-5-6-7-8-9-10-11-13(15(17)18)14(12(2)3)16(19)20/h12H,4-11H2,1-3H3,(H,17,18)(H,19,20)/b14-13+. The van der Waals surface area contributed by atoms with E-state index in [2.05, 4.69) is 6.92 Å². The Kier molecular flexibility index (Phi) is 9.77. The smallest absolute Gasteiger partial charge is 0.332 e. The van der Waals surface area contributed by atoms with Crippen LogP contribution in [0.4, 0.5) is 0 Å². The average molecular weight is 284 g/mol. The number of aliphatic carboxylic acids is 2. The lowest BCUT2D eigenvalue weighted by molar-refractivity contribution is -0.136. The van der Waals surface area contributed by atoms with Gasteiger partial charge in [-0.2, -0.15) is 0 Å². The molecule has 0 amide bonds. The summed E-state index contributed by atoms with van der Waals surface area (Å²) >= 11 is 0. The highest BCUT2D eigenvalue weighted by Crippen LogP contribution is 2.21. The van der Waals surface area contributed by atoms with Crippen molar-refractivity contribution in [3.63, 3.8) is 0 Å². The van der Waals surface area contributed by atoms with E-state index in [1.54, 1.807) is 13.8 Å². The second-order valence-corrected chi connectivity index (χ2v) is 5.53. The van der Waals surface area contributed by atoms with Crippen molar-refractivity contribution in [2.75, 3.05) is 0 Å². The summed E-state index contributed by atoms with van der Waals surface area (Å²) in [4.78, 5) is 22.4. The van der Waals surface area contributed by atoms with Gasteiger partial charge < -0.3 is 10.2 Å². The summed E-state index contributed by atoms with van der Waals surface area (Å²) in [7, 11) is 0. The molecule has 0 aliphatic carbocycles. The van der Waals surface area contributed by atoms with Crippen LogP contribution in [0, 0.1) is 5.92 Å². The molecule has 0 fully saturated rings. The van der Waals surface area contributed by atoms with E-state index in [-0.39, 0.29) is 17.1 Å². The van der Waals surface area contributed by atoms with Crippen molar-refractivity contribution < 1.29 is 19.8 Å². The average Bonchev–Trinajstić information content (AvgIpc) is 2.34. The molecular weight excluding hydrogens is 256 g/mol. The fraction of sp³-hybridized carbons (Fsp3) is 0.750. The molecule has 0 spiro atoms. The van der Waals surface area contributed by atoms with Gasteiger partial charge in [0.2, 0.25) is 0 Å². The summed E-state index contributed by atoms with van der Waals surface area (Å²) in [5.41, 5.74) is 0.115. The SMILES string of the molecule is CCCCCCCCC/C(C(=O)O)=C(\C(=O)O)C(C)C. The molecular formula is C16H28O4. The summed E-state index contributed by atoms with van der Waals surface area (Å²) in [6.45, 7) is 5.61. The second-order valence-electron chi connectivity index (χ2n) is 5.53. The third kappa shape index (κ3) is 7.31. The minimum Gasteiger partial charge on any atom is -0.478 e. The molecule has 2 N–H and O–H groups in total. The van der Waals surface area contributed by atoms with E-state index in [1.807, 2.05) is 0 Å². The zero-order valence-corrected chi connectivity index (χ0v) is 12.9. The zero-order valence-electron chi connectivity index (χ0n) is 12.9. The number of carboxylic acid groups (broad SMARTS) is 2. The summed E-state index contributed by atoms with van der Waals surface area (Å²) in [5, 5.41) is 18.3. The number of carbonyl (C=O) groups is 2. The molecule has 0 atom stereocenters. The Labute approximate surface area is 121 Å². The monoisotopic (exact) mass is 284 g/mol. The number of hydrogen-bond acceptors (Lipinski definition) is 2. The van der Waals surface area contributed by atoms with Crippen LogP contribution >= 0.6 is 0 Å². The first-order valence-electron chi connectivity index (χ1n) is 7.61. The van der Waals surface area contributed by atoms with Crippen LogP contribution < -0.4 is 0 Å². The van der Waals surface area contributed by atoms with E-state index in [4.69, 9.17) is 5.11 Å². The van der Waals surface area contributed by atoms with Gasteiger partial charge in [-0.25, -0.2) is 9.59 Å². The van der Waals surface area contributed by atoms with Gasteiger partial charge >= 0.3 is 11.9 Å². The van der Waals surface area contributed by atoms with E-state index >= 15 is 0 Å². The third-order valence-electron chi connectivity index (χ3n) is 3.42. The van der Waals surface area contributed by atoms with Crippen LogP contribution in [-0.4, -0.2) is 22.2 Å². The van der Waals surface area contributed by atoms with Crippen LogP contribution in [0.15, 0.2) is 11.1 Å². The minimum atomic E-state index is -1.11. The van der Waals surface area contributed by atoms with Gasteiger partial charge in [-0.15, -0.1) is 0 Å². The first-order chi connectivity index (χ1) is 9.41. The summed E-state index contributed by atoms with van der Waals surface area (Å²) in [6, 6.07) is 0. The van der Waals surface area contributed by atoms with Crippen LogP contribution in [0.25, 0.3) is 0 Å². The van der Waals surface area contributed by atoms with Crippen LogP contribution in [0.2, 0.25) is 0 Å². The van der Waals surface area contributed by atoms with E-state index < -0.39 is 11.9 Å². The van der Waals surface area contributed by atoms with Crippen molar-refractivity contribution >= 4 is 11.9 Å². The summed E-state index contributed by atoms with van der Waals surface area (Å²) in [6.07, 6.45) is 8.02. The number of unbranched alkanes of at least 4 members (excludes halogenated alkanes) is 6. The van der Waals surface area contributed by atoms with Crippen molar-refractivity contribution in [1.82, 2.24) is 0 Å². The van der Waals surface area contributed by atoms with E-state index in [0.29, 0.717) is 6.42 Å². The highest BCUT2D eigenvalue weighted by Gasteiger charge is 2.22. The van der Waals surface area contributed by atoms with Crippen LogP contribution in [0.3, 0.4) is 0 Å². The Bertz CT molecular complexity index is 342. The molecule has 0 aliphatic heterocycles. The third-order valence-corrected chi connectivity index (χ3v) is 3.42. The maximum absolute atomic E-state index is 11.2. The van der Waals surface area contributed by atoms with Gasteiger partial charge in [0.25, 0.3) is 0 Å². The molecule has 0 aromatic carbocycles. The lowest BCUT2D eigenvalue weighted by Gasteiger charge is -2.12. The van der Waals surface area contributed by atoms with Crippen molar-refractivity contribution in [3.8, 4) is 0 Å². The quantitative estimate of drug-likeness (QED) is 0.439. The molecule has 0 saturated heterocycles. The Morgan fingerprint density at radius 2 is 1.35 bits per heavy atom. The zero-order chi connectivity index (χ0) is 15.5. The number of hydrogen-bond donors (Lipinski definition) is 2.